The number of nitrogens with zero attached hydrogens (tertiary/aromatic N) is 2. The van der Waals surface area contributed by atoms with Crippen molar-refractivity contribution >= 4 is 17.3 Å². The molecule has 0 atom stereocenters. The van der Waals surface area contributed by atoms with Crippen LogP contribution in [0.5, 0.6) is 0 Å². The molecule has 0 aromatic heterocycles. The van der Waals surface area contributed by atoms with E-state index < -0.39 is 16.6 Å². The van der Waals surface area contributed by atoms with Gasteiger partial charge < -0.3 is 0 Å². The summed E-state index contributed by atoms with van der Waals surface area (Å²) < 4.78 is 13.6. The molecule has 0 fully saturated rings. The molecule has 1 amide bonds. The van der Waals surface area contributed by atoms with Crippen LogP contribution in [0.25, 0.3) is 0 Å². The zero-order valence-electron chi connectivity index (χ0n) is 13.0. The van der Waals surface area contributed by atoms with Crippen LogP contribution in [0.1, 0.15) is 35.7 Å². The number of halogens is 1. The molecule has 6 nitrogen and oxygen atoms in total. The van der Waals surface area contributed by atoms with Crippen LogP contribution < -0.4 is 5.43 Å². The second kappa shape index (κ2) is 7.96. The molecule has 0 aliphatic heterocycles. The van der Waals surface area contributed by atoms with E-state index in [4.69, 9.17) is 0 Å². The number of nitro benzene ring substituents is 1. The Morgan fingerprint density at radius 1 is 1.25 bits per heavy atom. The summed E-state index contributed by atoms with van der Waals surface area (Å²) in [6.07, 6.45) is 1.25. The van der Waals surface area contributed by atoms with Crippen molar-refractivity contribution in [1.82, 2.24) is 5.43 Å². The molecule has 0 unspecified atom stereocenters. The molecule has 0 saturated carbocycles. The molecule has 2 aromatic rings. The Morgan fingerprint density at radius 3 is 2.67 bits per heavy atom. The van der Waals surface area contributed by atoms with Crippen molar-refractivity contribution in [2.45, 2.75) is 19.8 Å². The van der Waals surface area contributed by atoms with Gasteiger partial charge in [-0.05, 0) is 18.6 Å². The molecular weight excluding hydrogens is 313 g/mol. The standard InChI is InChI=1S/C17H16FN3O3/c1-2-6-16(12-7-5-8-13(11-12)21(23)24)19-20-17(22)14-9-3-4-10-15(14)18/h3-5,7-11H,2,6H2,1H3,(H,20,22)/b19-16-. The molecule has 7 heteroatoms. The third-order valence-electron chi connectivity index (χ3n) is 3.29. The van der Waals surface area contributed by atoms with E-state index in [9.17, 15) is 19.3 Å². The number of nitro groups is 1. The predicted octanol–water partition coefficient (Wildman–Crippen LogP) is 3.67. The van der Waals surface area contributed by atoms with Gasteiger partial charge in [0.25, 0.3) is 11.6 Å². The highest BCUT2D eigenvalue weighted by Gasteiger charge is 2.12. The summed E-state index contributed by atoms with van der Waals surface area (Å²) >= 11 is 0. The van der Waals surface area contributed by atoms with Crippen LogP contribution in [0.4, 0.5) is 10.1 Å². The van der Waals surface area contributed by atoms with Crippen molar-refractivity contribution in [2.24, 2.45) is 5.10 Å². The molecule has 0 heterocycles. The molecule has 2 rings (SSSR count). The van der Waals surface area contributed by atoms with Gasteiger partial charge in [0.2, 0.25) is 0 Å². The fourth-order valence-electron chi connectivity index (χ4n) is 2.12. The van der Waals surface area contributed by atoms with Gasteiger partial charge in [-0.15, -0.1) is 0 Å². The molecule has 24 heavy (non-hydrogen) atoms. The molecular formula is C17H16FN3O3. The van der Waals surface area contributed by atoms with Gasteiger partial charge in [0.15, 0.2) is 0 Å². The Kier molecular flexibility index (Phi) is 5.73. The van der Waals surface area contributed by atoms with Crippen molar-refractivity contribution in [3.63, 3.8) is 0 Å². The lowest BCUT2D eigenvalue weighted by Gasteiger charge is -2.07. The summed E-state index contributed by atoms with van der Waals surface area (Å²) in [4.78, 5) is 22.4. The van der Waals surface area contributed by atoms with Crippen molar-refractivity contribution in [3.05, 3.63) is 75.6 Å². The summed E-state index contributed by atoms with van der Waals surface area (Å²) in [5, 5.41) is 14.9. The van der Waals surface area contributed by atoms with Gasteiger partial charge in [0, 0.05) is 17.7 Å². The fourth-order valence-corrected chi connectivity index (χ4v) is 2.12. The molecule has 0 radical (unpaired) electrons. The van der Waals surface area contributed by atoms with E-state index in [0.29, 0.717) is 17.7 Å². The molecule has 0 aliphatic carbocycles. The van der Waals surface area contributed by atoms with E-state index in [-0.39, 0.29) is 11.3 Å². The average molecular weight is 329 g/mol. The number of hydrogen-bond acceptors (Lipinski definition) is 4. The quantitative estimate of drug-likeness (QED) is 0.498. The highest BCUT2D eigenvalue weighted by atomic mass is 19.1. The van der Waals surface area contributed by atoms with Gasteiger partial charge >= 0.3 is 0 Å². The number of rotatable bonds is 6. The zero-order valence-corrected chi connectivity index (χ0v) is 13.0. The van der Waals surface area contributed by atoms with Gasteiger partial charge in [0.1, 0.15) is 5.82 Å². The lowest BCUT2D eigenvalue weighted by atomic mass is 10.1. The third-order valence-corrected chi connectivity index (χ3v) is 3.29. The number of non-ortho nitro benzene ring substituents is 1. The van der Waals surface area contributed by atoms with E-state index in [1.807, 2.05) is 6.92 Å². The normalized spacial score (nSPS) is 11.2. The second-order valence-corrected chi connectivity index (χ2v) is 5.04. The molecule has 1 N–H and O–H groups in total. The molecule has 0 aliphatic rings. The number of amides is 1. The third kappa shape index (κ3) is 4.22. The largest absolute Gasteiger partial charge is 0.274 e. The summed E-state index contributed by atoms with van der Waals surface area (Å²) in [6.45, 7) is 1.92. The summed E-state index contributed by atoms with van der Waals surface area (Å²) in [7, 11) is 0. The van der Waals surface area contributed by atoms with Crippen molar-refractivity contribution < 1.29 is 14.1 Å². The van der Waals surface area contributed by atoms with Gasteiger partial charge in [-0.2, -0.15) is 5.10 Å². The fraction of sp³-hybridized carbons (Fsp3) is 0.176. The Morgan fingerprint density at radius 2 is 2.00 bits per heavy atom. The van der Waals surface area contributed by atoms with Gasteiger partial charge in [-0.3, -0.25) is 14.9 Å². The zero-order chi connectivity index (χ0) is 17.5. The Bertz CT molecular complexity index is 790. The van der Waals surface area contributed by atoms with Gasteiger partial charge in [-0.25, -0.2) is 9.82 Å². The molecule has 0 spiro atoms. The first kappa shape index (κ1) is 17.3. The Labute approximate surface area is 138 Å². The van der Waals surface area contributed by atoms with E-state index in [1.165, 1.54) is 30.3 Å². The molecule has 0 saturated heterocycles. The monoisotopic (exact) mass is 329 g/mol. The minimum absolute atomic E-state index is 0.0586. The van der Waals surface area contributed by atoms with Crippen molar-refractivity contribution in [2.75, 3.05) is 0 Å². The predicted molar refractivity (Wildman–Crippen MR) is 88.4 cm³/mol. The lowest BCUT2D eigenvalue weighted by Crippen LogP contribution is -2.21. The maximum Gasteiger partial charge on any atom is 0.274 e. The molecule has 0 bridgehead atoms. The molecule has 2 aromatic carbocycles. The number of carbonyl (C=O) groups excluding carboxylic acids is 1. The van der Waals surface area contributed by atoms with Gasteiger partial charge in [0.05, 0.1) is 16.2 Å². The maximum absolute atomic E-state index is 13.6. The summed E-state index contributed by atoms with van der Waals surface area (Å²) in [5.74, 6) is -1.32. The number of hydrogen-bond donors (Lipinski definition) is 1. The number of hydrazone groups is 1. The highest BCUT2D eigenvalue weighted by molar-refractivity contribution is 6.02. The van der Waals surface area contributed by atoms with Crippen LogP contribution in [-0.2, 0) is 0 Å². The van der Waals surface area contributed by atoms with Crippen LogP contribution in [0.2, 0.25) is 0 Å². The van der Waals surface area contributed by atoms with Gasteiger partial charge in [-0.1, -0.05) is 37.6 Å². The number of benzene rings is 2. The Hall–Kier alpha value is -3.09. The summed E-state index contributed by atoms with van der Waals surface area (Å²) in [5.41, 5.74) is 3.17. The Balaban J connectivity index is 2.25. The minimum Gasteiger partial charge on any atom is -0.267 e. The molecule has 124 valence electrons. The van der Waals surface area contributed by atoms with Crippen LogP contribution >= 0.6 is 0 Å². The lowest BCUT2D eigenvalue weighted by molar-refractivity contribution is -0.384. The van der Waals surface area contributed by atoms with Crippen LogP contribution in [0.15, 0.2) is 53.6 Å². The smallest absolute Gasteiger partial charge is 0.267 e. The van der Waals surface area contributed by atoms with E-state index in [2.05, 4.69) is 10.5 Å². The first-order chi connectivity index (χ1) is 11.5. The number of nitrogens with one attached hydrogen (secondary N) is 1. The van der Waals surface area contributed by atoms with E-state index >= 15 is 0 Å². The highest BCUT2D eigenvalue weighted by Crippen LogP contribution is 2.16. The summed E-state index contributed by atoms with van der Waals surface area (Å²) in [6, 6.07) is 11.6. The van der Waals surface area contributed by atoms with E-state index in [0.717, 1.165) is 6.42 Å². The average Bonchev–Trinajstić information content (AvgIpc) is 2.58. The van der Waals surface area contributed by atoms with Crippen LogP contribution in [0.3, 0.4) is 0 Å². The maximum atomic E-state index is 13.6. The SMILES string of the molecule is CCC/C(=N/NC(=O)c1ccccc1F)c1cccc([N+](=O)[O-])c1. The van der Waals surface area contributed by atoms with E-state index in [1.54, 1.807) is 18.2 Å². The minimum atomic E-state index is -0.674. The number of carbonyl (C=O) groups is 1. The first-order valence-corrected chi connectivity index (χ1v) is 7.39. The first-order valence-electron chi connectivity index (χ1n) is 7.39. The van der Waals surface area contributed by atoms with Crippen LogP contribution in [-0.4, -0.2) is 16.5 Å². The van der Waals surface area contributed by atoms with Crippen molar-refractivity contribution in [1.29, 1.82) is 0 Å². The topological polar surface area (TPSA) is 84.6 Å². The van der Waals surface area contributed by atoms with Crippen molar-refractivity contribution in [3.8, 4) is 0 Å². The van der Waals surface area contributed by atoms with Crippen LogP contribution in [0, 0.1) is 15.9 Å². The second-order valence-electron chi connectivity index (χ2n) is 5.04.